The maximum absolute atomic E-state index is 10.6. The second-order valence-electron chi connectivity index (χ2n) is 16.4. The van der Waals surface area contributed by atoms with E-state index in [1.54, 1.807) is 104 Å². The van der Waals surface area contributed by atoms with Crippen LogP contribution in [-0.2, 0) is 32.0 Å². The van der Waals surface area contributed by atoms with Gasteiger partial charge in [-0.2, -0.15) is 0 Å². The minimum atomic E-state index is -1.54. The molecule has 10 heteroatoms. The molecule has 64 heavy (non-hydrogen) atoms. The van der Waals surface area contributed by atoms with Crippen LogP contribution in [-0.4, -0.2) is 66.2 Å². The van der Waals surface area contributed by atoms with Gasteiger partial charge in [-0.3, -0.25) is 0 Å². The van der Waals surface area contributed by atoms with Crippen LogP contribution in [0.4, 0.5) is 0 Å². The third-order valence-electron chi connectivity index (χ3n) is 10.4. The number of hydrogen-bond donors (Lipinski definition) is 0. The van der Waals surface area contributed by atoms with Crippen LogP contribution in [0.25, 0.3) is 0 Å². The molecule has 0 aromatic heterocycles. The predicted octanol–water partition coefficient (Wildman–Crippen LogP) is 9.81. The molecule has 8 nitrogen and oxygen atoms in total. The summed E-state index contributed by atoms with van der Waals surface area (Å²) in [4.78, 5) is 41.6. The third-order valence-corrected chi connectivity index (χ3v) is 18.5. The van der Waals surface area contributed by atoms with E-state index in [-0.39, 0.29) is 66.3 Å². The Kier molecular flexibility index (Phi) is 49.4. The van der Waals surface area contributed by atoms with Crippen LogP contribution in [0.3, 0.4) is 0 Å². The smallest absolute Gasteiger partial charge is 0.0678 e. The van der Waals surface area contributed by atoms with Gasteiger partial charge in [0.05, 0.1) is 23.9 Å². The molecule has 0 N–H and O–H groups in total. The number of unbranched alkanes of at least 4 members (excludes halogenated alkanes) is 20. The van der Waals surface area contributed by atoms with Crippen molar-refractivity contribution in [1.82, 2.24) is 0 Å². The third kappa shape index (κ3) is 47.4. The molecule has 0 aliphatic heterocycles. The van der Waals surface area contributed by atoms with Gasteiger partial charge in [-0.25, -0.2) is 0 Å². The molecule has 0 heterocycles. The van der Waals surface area contributed by atoms with E-state index >= 15 is 0 Å². The number of carboxylic acids is 4. The van der Waals surface area contributed by atoms with E-state index in [2.05, 4.69) is 27.7 Å². The van der Waals surface area contributed by atoms with Crippen molar-refractivity contribution in [2.24, 2.45) is 0 Å². The SMILES string of the molecule is CCCCCCC[CH2][Sn+2][CH2]CCCCCCC.CCCCCCC[CH2][Sn+2][CH2]CCCCCCC.O=C([O-])/C=C(/Cc1ccccc1)C(=O)[O-].O=C([O-])/C=C(/Cc1ccccc1)C(=O)[O-]. The van der Waals surface area contributed by atoms with E-state index in [1.165, 1.54) is 128 Å². The molecule has 2 aromatic rings. The Hall–Kier alpha value is -2.60. The molecule has 0 atom stereocenters. The number of carbonyl (C=O) groups excluding carboxylic acids is 4. The Morgan fingerprint density at radius 2 is 0.609 bits per heavy atom. The van der Waals surface area contributed by atoms with Gasteiger partial charge in [0, 0.05) is 0 Å². The largest absolute Gasteiger partial charge is 0.545 e. The Bertz CT molecular complexity index is 1310. The maximum Gasteiger partial charge on any atom is 0.0678 e. The van der Waals surface area contributed by atoms with Gasteiger partial charge < -0.3 is 39.6 Å². The van der Waals surface area contributed by atoms with Crippen molar-refractivity contribution in [3.8, 4) is 0 Å². The normalized spacial score (nSPS) is 10.8. The second kappa shape index (κ2) is 49.8. The van der Waals surface area contributed by atoms with E-state index in [9.17, 15) is 39.6 Å². The first-order chi connectivity index (χ1) is 31.0. The molecule has 0 spiro atoms. The van der Waals surface area contributed by atoms with Crippen molar-refractivity contribution in [1.29, 1.82) is 0 Å². The Labute approximate surface area is 410 Å². The topological polar surface area (TPSA) is 161 Å². The van der Waals surface area contributed by atoms with E-state index in [4.69, 9.17) is 0 Å². The molecule has 0 aliphatic carbocycles. The summed E-state index contributed by atoms with van der Waals surface area (Å²) in [6.07, 6.45) is 36.8. The van der Waals surface area contributed by atoms with Gasteiger partial charge in [0.15, 0.2) is 0 Å². The Balaban J connectivity index is 0. The van der Waals surface area contributed by atoms with Crippen molar-refractivity contribution >= 4 is 66.2 Å². The predicted molar refractivity (Wildman–Crippen MR) is 261 cm³/mol. The van der Waals surface area contributed by atoms with Gasteiger partial charge in [-0.05, 0) is 47.3 Å². The fraction of sp³-hybridized carbons (Fsp3) is 0.630. The van der Waals surface area contributed by atoms with Gasteiger partial charge >= 0.3 is 242 Å². The van der Waals surface area contributed by atoms with E-state index in [1.807, 2.05) is 0 Å². The monoisotopic (exact) mass is 1100 g/mol. The van der Waals surface area contributed by atoms with E-state index in [0.29, 0.717) is 23.3 Å². The summed E-state index contributed by atoms with van der Waals surface area (Å²) in [5, 5.41) is 41.6. The minimum Gasteiger partial charge on any atom is -0.545 e. The maximum atomic E-state index is 10.6. The fourth-order valence-electron chi connectivity index (χ4n) is 6.65. The Morgan fingerprint density at radius 1 is 0.375 bits per heavy atom. The zero-order valence-corrected chi connectivity index (χ0v) is 46.1. The first-order valence-electron chi connectivity index (χ1n) is 24.8. The summed E-state index contributed by atoms with van der Waals surface area (Å²) in [7, 11) is 0. The average molecular weight is 1100 g/mol. The number of rotatable bonds is 36. The molecule has 0 aliphatic rings. The van der Waals surface area contributed by atoms with Crippen LogP contribution < -0.4 is 20.4 Å². The molecule has 0 fully saturated rings. The minimum absolute atomic E-state index is 0.0111. The van der Waals surface area contributed by atoms with Crippen LogP contribution in [0, 0.1) is 0 Å². The summed E-state index contributed by atoms with van der Waals surface area (Å²) in [5.74, 6) is -6.07. The quantitative estimate of drug-likeness (QED) is 0.0370. The summed E-state index contributed by atoms with van der Waals surface area (Å²) < 4.78 is 6.63. The summed E-state index contributed by atoms with van der Waals surface area (Å²) in [6.45, 7) is 9.20. The molecule has 0 amide bonds. The molecular formula is C54H84O8Sn2. The van der Waals surface area contributed by atoms with Crippen LogP contribution in [0.5, 0.6) is 0 Å². The van der Waals surface area contributed by atoms with Gasteiger partial charge in [0.1, 0.15) is 0 Å². The number of hydrogen-bond acceptors (Lipinski definition) is 8. The van der Waals surface area contributed by atoms with Crippen molar-refractivity contribution in [2.45, 2.75) is 212 Å². The van der Waals surface area contributed by atoms with Crippen molar-refractivity contribution in [2.75, 3.05) is 0 Å². The molecule has 2 aromatic carbocycles. The van der Waals surface area contributed by atoms with E-state index < -0.39 is 23.9 Å². The molecule has 0 radical (unpaired) electrons. The molecule has 0 saturated carbocycles. The van der Waals surface area contributed by atoms with Crippen LogP contribution in [0.2, 0.25) is 17.7 Å². The van der Waals surface area contributed by atoms with Gasteiger partial charge in [0.25, 0.3) is 0 Å². The number of aliphatic carboxylic acids is 4. The zero-order valence-electron chi connectivity index (χ0n) is 40.4. The van der Waals surface area contributed by atoms with Crippen molar-refractivity contribution in [3.63, 3.8) is 0 Å². The van der Waals surface area contributed by atoms with Crippen molar-refractivity contribution in [3.05, 3.63) is 95.1 Å². The molecular weight excluding hydrogens is 1010 g/mol. The number of carbonyl (C=O) groups is 4. The molecule has 0 unspecified atom stereocenters. The average Bonchev–Trinajstić information content (AvgIpc) is 3.27. The molecule has 0 bridgehead atoms. The van der Waals surface area contributed by atoms with Crippen LogP contribution >= 0.6 is 0 Å². The van der Waals surface area contributed by atoms with E-state index in [0.717, 1.165) is 0 Å². The van der Waals surface area contributed by atoms with Crippen molar-refractivity contribution < 1.29 is 39.6 Å². The first kappa shape index (κ1) is 63.5. The standard InChI is InChI=1S/2C11H10O4.4C8H17.2Sn/c2*12-10(13)7-9(11(14)15)6-8-4-2-1-3-5-8;4*1-3-5-7-8-6-4-2;;/h2*1-5,7H,6H2,(H,12,13)(H,14,15);4*1,3-8H2,2H3;;/q;;;;;;2*+2/p-4/b2*9-7-;;;;;;. The van der Waals surface area contributed by atoms with Gasteiger partial charge in [0.2, 0.25) is 0 Å². The Morgan fingerprint density at radius 3 is 0.828 bits per heavy atom. The van der Waals surface area contributed by atoms with Gasteiger partial charge in [-0.1, -0.05) is 60.7 Å². The van der Waals surface area contributed by atoms with Crippen LogP contribution in [0.1, 0.15) is 193 Å². The molecule has 356 valence electrons. The second-order valence-corrected chi connectivity index (χ2v) is 25.0. The molecule has 2 rings (SSSR count). The number of benzene rings is 2. The molecule has 0 saturated heterocycles. The summed E-state index contributed by atoms with van der Waals surface area (Å²) in [6, 6.07) is 17.3. The first-order valence-corrected chi connectivity index (χ1v) is 32.8. The zero-order chi connectivity index (χ0) is 47.7. The number of carboxylic acid groups (broad SMARTS) is 4. The summed E-state index contributed by atoms with van der Waals surface area (Å²) >= 11 is 0.147. The van der Waals surface area contributed by atoms with Crippen LogP contribution in [0.15, 0.2) is 84.0 Å². The van der Waals surface area contributed by atoms with Gasteiger partial charge in [-0.15, -0.1) is 0 Å². The summed E-state index contributed by atoms with van der Waals surface area (Å²) in [5.41, 5.74) is 0.797. The fourth-order valence-corrected chi connectivity index (χ4v) is 13.8.